The molecule has 0 saturated heterocycles. The van der Waals surface area contributed by atoms with Crippen LogP contribution in [-0.2, 0) is 16.0 Å². The van der Waals surface area contributed by atoms with E-state index in [1.165, 1.54) is 95.5 Å². The van der Waals surface area contributed by atoms with E-state index >= 15 is 0 Å². The first kappa shape index (κ1) is 30.4. The Hall–Kier alpha value is -1.59. The fourth-order valence-corrected chi connectivity index (χ4v) is 4.09. The minimum absolute atomic E-state index is 0.144. The molecule has 0 radical (unpaired) electrons. The Bertz CT molecular complexity index is 590. The van der Waals surface area contributed by atoms with E-state index in [-0.39, 0.29) is 12.6 Å². The van der Waals surface area contributed by atoms with Crippen molar-refractivity contribution in [2.24, 2.45) is 0 Å². The Kier molecular flexibility index (Phi) is 19.6. The summed E-state index contributed by atoms with van der Waals surface area (Å²) in [6.45, 7) is 2.76. The maximum atomic E-state index is 11.6. The lowest BCUT2D eigenvalue weighted by Gasteiger charge is -2.09. The SMILES string of the molecule is CCCCCCCCCCCCCCCCNc1ccc(CCCC(=O)OCC(O)CO)cc1. The summed E-state index contributed by atoms with van der Waals surface area (Å²) >= 11 is 0. The molecule has 0 saturated carbocycles. The predicted molar refractivity (Wildman–Crippen MR) is 142 cm³/mol. The number of aliphatic hydroxyl groups is 2. The minimum atomic E-state index is -0.992. The smallest absolute Gasteiger partial charge is 0.305 e. The van der Waals surface area contributed by atoms with Gasteiger partial charge in [-0.2, -0.15) is 0 Å². The van der Waals surface area contributed by atoms with Gasteiger partial charge in [-0.1, -0.05) is 103 Å². The van der Waals surface area contributed by atoms with Crippen molar-refractivity contribution in [3.8, 4) is 0 Å². The number of rotatable bonds is 23. The number of carbonyl (C=O) groups excluding carboxylic acids is 1. The molecule has 1 atom stereocenters. The normalized spacial score (nSPS) is 12.0. The second-order valence-electron chi connectivity index (χ2n) is 9.59. The van der Waals surface area contributed by atoms with E-state index in [9.17, 15) is 9.90 Å². The molecule has 0 aliphatic rings. The van der Waals surface area contributed by atoms with Crippen LogP contribution in [0.2, 0.25) is 0 Å². The number of unbranched alkanes of at least 4 members (excludes halogenated alkanes) is 13. The van der Waals surface area contributed by atoms with Crippen molar-refractivity contribution >= 4 is 11.7 Å². The third kappa shape index (κ3) is 17.8. The number of aryl methyl sites for hydroxylation is 1. The monoisotopic (exact) mass is 477 g/mol. The van der Waals surface area contributed by atoms with E-state index in [1.807, 2.05) is 0 Å². The van der Waals surface area contributed by atoms with E-state index < -0.39 is 12.7 Å². The van der Waals surface area contributed by atoms with E-state index in [0.29, 0.717) is 12.8 Å². The quantitative estimate of drug-likeness (QED) is 0.119. The van der Waals surface area contributed by atoms with Crippen LogP contribution in [0, 0.1) is 0 Å². The van der Waals surface area contributed by atoms with Crippen molar-refractivity contribution in [2.45, 2.75) is 122 Å². The number of ether oxygens (including phenoxy) is 1. The lowest BCUT2D eigenvalue weighted by molar-refractivity contribution is -0.147. The Morgan fingerprint density at radius 3 is 1.88 bits per heavy atom. The molecule has 0 bridgehead atoms. The molecule has 5 heteroatoms. The molecule has 1 aromatic carbocycles. The zero-order chi connectivity index (χ0) is 24.7. The average molecular weight is 478 g/mol. The van der Waals surface area contributed by atoms with E-state index in [1.54, 1.807) is 0 Å². The van der Waals surface area contributed by atoms with Gasteiger partial charge >= 0.3 is 5.97 Å². The van der Waals surface area contributed by atoms with Gasteiger partial charge in [-0.25, -0.2) is 0 Å². The molecule has 0 heterocycles. The number of esters is 1. The molecular formula is C29H51NO4. The molecule has 0 aliphatic carbocycles. The Morgan fingerprint density at radius 2 is 1.35 bits per heavy atom. The van der Waals surface area contributed by atoms with Crippen LogP contribution in [0.3, 0.4) is 0 Å². The standard InChI is InChI=1S/C29H51NO4/c1-2-3-4-5-6-7-8-9-10-11-12-13-14-15-23-30-27-21-19-26(20-22-27)17-16-18-29(33)34-25-28(32)24-31/h19-22,28,30-32H,2-18,23-25H2,1H3. The molecule has 1 unspecified atom stereocenters. The lowest BCUT2D eigenvalue weighted by Crippen LogP contribution is -2.21. The minimum Gasteiger partial charge on any atom is -0.463 e. The van der Waals surface area contributed by atoms with E-state index in [0.717, 1.165) is 18.7 Å². The van der Waals surface area contributed by atoms with Crippen molar-refractivity contribution in [1.82, 2.24) is 0 Å². The predicted octanol–water partition coefficient (Wildman–Crippen LogP) is 6.80. The average Bonchev–Trinajstić information content (AvgIpc) is 2.85. The summed E-state index contributed by atoms with van der Waals surface area (Å²) in [5.41, 5.74) is 2.35. The maximum Gasteiger partial charge on any atom is 0.305 e. The number of hydrogen-bond donors (Lipinski definition) is 3. The molecule has 0 fully saturated rings. The van der Waals surface area contributed by atoms with Gasteiger partial charge in [0.15, 0.2) is 0 Å². The first-order chi connectivity index (χ1) is 16.7. The molecule has 0 aliphatic heterocycles. The topological polar surface area (TPSA) is 78.8 Å². The molecule has 0 aromatic heterocycles. The second kappa shape index (κ2) is 21.9. The Morgan fingerprint density at radius 1 is 0.824 bits per heavy atom. The van der Waals surface area contributed by atoms with Crippen LogP contribution in [0.15, 0.2) is 24.3 Å². The number of hydrogen-bond acceptors (Lipinski definition) is 5. The van der Waals surface area contributed by atoms with Crippen LogP contribution in [-0.4, -0.2) is 42.0 Å². The molecular weight excluding hydrogens is 426 g/mol. The zero-order valence-corrected chi connectivity index (χ0v) is 21.7. The van der Waals surface area contributed by atoms with Gasteiger partial charge in [-0.05, 0) is 37.0 Å². The van der Waals surface area contributed by atoms with Crippen LogP contribution in [0.25, 0.3) is 0 Å². The fourth-order valence-electron chi connectivity index (χ4n) is 4.09. The van der Waals surface area contributed by atoms with Crippen molar-refractivity contribution < 1.29 is 19.7 Å². The van der Waals surface area contributed by atoms with Gasteiger partial charge in [0.2, 0.25) is 0 Å². The van der Waals surface area contributed by atoms with Gasteiger partial charge in [-0.15, -0.1) is 0 Å². The van der Waals surface area contributed by atoms with Crippen LogP contribution in [0.4, 0.5) is 5.69 Å². The summed E-state index contributed by atoms with van der Waals surface area (Å²) in [4.78, 5) is 11.6. The molecule has 0 amide bonds. The van der Waals surface area contributed by atoms with Crippen molar-refractivity contribution in [1.29, 1.82) is 0 Å². The number of nitrogens with one attached hydrogen (secondary N) is 1. The zero-order valence-electron chi connectivity index (χ0n) is 21.7. The van der Waals surface area contributed by atoms with Crippen molar-refractivity contribution in [3.63, 3.8) is 0 Å². The number of carbonyl (C=O) groups is 1. The summed E-state index contributed by atoms with van der Waals surface area (Å²) in [6.07, 6.45) is 20.2. The number of aliphatic hydroxyl groups excluding tert-OH is 2. The highest BCUT2D eigenvalue weighted by molar-refractivity contribution is 5.69. The molecule has 0 spiro atoms. The summed E-state index contributed by atoms with van der Waals surface area (Å²) in [5, 5.41) is 21.4. The van der Waals surface area contributed by atoms with Gasteiger partial charge in [0, 0.05) is 18.7 Å². The first-order valence-corrected chi connectivity index (χ1v) is 13.9. The molecule has 1 aromatic rings. The molecule has 34 heavy (non-hydrogen) atoms. The maximum absolute atomic E-state index is 11.6. The molecule has 3 N–H and O–H groups in total. The third-order valence-electron chi connectivity index (χ3n) is 6.31. The van der Waals surface area contributed by atoms with E-state index in [2.05, 4.69) is 36.5 Å². The molecule has 5 nitrogen and oxygen atoms in total. The number of anilines is 1. The second-order valence-corrected chi connectivity index (χ2v) is 9.59. The summed E-state index contributed by atoms with van der Waals surface area (Å²) in [6, 6.07) is 8.42. The first-order valence-electron chi connectivity index (χ1n) is 13.9. The summed E-state index contributed by atoms with van der Waals surface area (Å²) in [5.74, 6) is -0.334. The fraction of sp³-hybridized carbons (Fsp3) is 0.759. The van der Waals surface area contributed by atoms with Gasteiger partial charge in [-0.3, -0.25) is 4.79 Å². The Labute approximate surface area is 208 Å². The highest BCUT2D eigenvalue weighted by atomic mass is 16.5. The van der Waals surface area contributed by atoms with Crippen molar-refractivity contribution in [3.05, 3.63) is 29.8 Å². The molecule has 196 valence electrons. The van der Waals surface area contributed by atoms with Crippen LogP contribution >= 0.6 is 0 Å². The van der Waals surface area contributed by atoms with Gasteiger partial charge < -0.3 is 20.3 Å². The summed E-state index contributed by atoms with van der Waals surface area (Å²) < 4.78 is 4.91. The van der Waals surface area contributed by atoms with Crippen LogP contribution < -0.4 is 5.32 Å². The number of benzene rings is 1. The van der Waals surface area contributed by atoms with Gasteiger partial charge in [0.1, 0.15) is 12.7 Å². The van der Waals surface area contributed by atoms with Crippen LogP contribution in [0.5, 0.6) is 0 Å². The Balaban J connectivity index is 1.93. The highest BCUT2D eigenvalue weighted by Gasteiger charge is 2.07. The molecule has 1 rings (SSSR count). The summed E-state index contributed by atoms with van der Waals surface area (Å²) in [7, 11) is 0. The lowest BCUT2D eigenvalue weighted by atomic mass is 10.0. The van der Waals surface area contributed by atoms with Gasteiger partial charge in [0.05, 0.1) is 6.61 Å². The van der Waals surface area contributed by atoms with Crippen molar-refractivity contribution in [2.75, 3.05) is 25.1 Å². The van der Waals surface area contributed by atoms with Gasteiger partial charge in [0.25, 0.3) is 0 Å². The third-order valence-corrected chi connectivity index (χ3v) is 6.31. The highest BCUT2D eigenvalue weighted by Crippen LogP contribution is 2.14. The van der Waals surface area contributed by atoms with E-state index in [4.69, 9.17) is 9.84 Å². The largest absolute Gasteiger partial charge is 0.463 e. The van der Waals surface area contributed by atoms with Crippen LogP contribution in [0.1, 0.15) is 115 Å².